The fourth-order valence-corrected chi connectivity index (χ4v) is 2.22. The summed E-state index contributed by atoms with van der Waals surface area (Å²) in [5, 5.41) is 7.88. The third-order valence-corrected chi connectivity index (χ3v) is 3.26. The van der Waals surface area contributed by atoms with Gasteiger partial charge < -0.3 is 9.73 Å². The third kappa shape index (κ3) is 2.18. The van der Waals surface area contributed by atoms with Crippen molar-refractivity contribution >= 4 is 16.9 Å². The van der Waals surface area contributed by atoms with Gasteiger partial charge in [-0.2, -0.15) is 5.10 Å². The van der Waals surface area contributed by atoms with Crippen LogP contribution in [0, 0.1) is 6.92 Å². The Morgan fingerprint density at radius 3 is 2.90 bits per heavy atom. The number of fused-ring (bicyclic) bond motifs is 1. The predicted molar refractivity (Wildman–Crippen MR) is 75.3 cm³/mol. The minimum Gasteiger partial charge on any atom is -0.451 e. The molecule has 0 fully saturated rings. The zero-order valence-corrected chi connectivity index (χ0v) is 11.4. The van der Waals surface area contributed by atoms with Crippen LogP contribution in [0.15, 0.2) is 41.1 Å². The molecule has 1 N–H and O–H groups in total. The fourth-order valence-electron chi connectivity index (χ4n) is 2.22. The highest BCUT2D eigenvalue weighted by Gasteiger charge is 2.16. The number of rotatable bonds is 3. The first kappa shape index (κ1) is 12.5. The lowest BCUT2D eigenvalue weighted by molar-refractivity contribution is 0.0924. The molecule has 0 radical (unpaired) electrons. The molecule has 0 spiro atoms. The summed E-state index contributed by atoms with van der Waals surface area (Å²) in [6.45, 7) is 2.33. The van der Waals surface area contributed by atoms with Crippen molar-refractivity contribution in [2.24, 2.45) is 7.05 Å². The number of para-hydroxylation sites is 1. The Morgan fingerprint density at radius 2 is 2.20 bits per heavy atom. The minimum atomic E-state index is -0.206. The number of nitrogens with zero attached hydrogens (tertiary/aromatic N) is 2. The molecule has 0 unspecified atom stereocenters. The van der Waals surface area contributed by atoms with Crippen molar-refractivity contribution in [2.75, 3.05) is 0 Å². The second-order valence-electron chi connectivity index (χ2n) is 4.76. The van der Waals surface area contributed by atoms with Crippen molar-refractivity contribution in [3.05, 3.63) is 53.5 Å². The van der Waals surface area contributed by atoms with E-state index in [4.69, 9.17) is 4.42 Å². The van der Waals surface area contributed by atoms with E-state index in [9.17, 15) is 4.79 Å². The Morgan fingerprint density at radius 1 is 1.40 bits per heavy atom. The molecule has 5 nitrogen and oxygen atoms in total. The topological polar surface area (TPSA) is 60.1 Å². The molecule has 0 aliphatic heterocycles. The predicted octanol–water partition coefficient (Wildman–Crippen LogP) is 2.40. The number of hydrogen-bond acceptors (Lipinski definition) is 3. The highest BCUT2D eigenvalue weighted by Crippen LogP contribution is 2.24. The first-order chi connectivity index (χ1) is 9.65. The van der Waals surface area contributed by atoms with Crippen molar-refractivity contribution in [3.8, 4) is 0 Å². The lowest BCUT2D eigenvalue weighted by atomic mass is 10.1. The molecular formula is C15H15N3O2. The molecule has 2 heterocycles. The van der Waals surface area contributed by atoms with Gasteiger partial charge in [-0.25, -0.2) is 0 Å². The molecule has 1 amide bonds. The van der Waals surface area contributed by atoms with E-state index in [0.29, 0.717) is 12.3 Å². The summed E-state index contributed by atoms with van der Waals surface area (Å²) in [5.74, 6) is 0.164. The summed E-state index contributed by atoms with van der Waals surface area (Å²) in [5.41, 5.74) is 2.55. The van der Waals surface area contributed by atoms with Gasteiger partial charge in [0.05, 0.1) is 6.20 Å². The first-order valence-electron chi connectivity index (χ1n) is 6.39. The molecule has 20 heavy (non-hydrogen) atoms. The van der Waals surface area contributed by atoms with Crippen molar-refractivity contribution in [2.45, 2.75) is 13.5 Å². The minimum absolute atomic E-state index is 0.206. The number of amides is 1. The van der Waals surface area contributed by atoms with Crippen molar-refractivity contribution in [3.63, 3.8) is 0 Å². The van der Waals surface area contributed by atoms with E-state index >= 15 is 0 Å². The molecule has 3 aromatic rings. The van der Waals surface area contributed by atoms with Gasteiger partial charge in [-0.1, -0.05) is 18.2 Å². The maximum Gasteiger partial charge on any atom is 0.287 e. The number of hydrogen-bond donors (Lipinski definition) is 1. The smallest absolute Gasteiger partial charge is 0.287 e. The second-order valence-corrected chi connectivity index (χ2v) is 4.76. The maximum atomic E-state index is 12.2. The Balaban J connectivity index is 1.80. The monoisotopic (exact) mass is 269 g/mol. The van der Waals surface area contributed by atoms with Gasteiger partial charge in [-0.05, 0) is 13.0 Å². The summed E-state index contributed by atoms with van der Waals surface area (Å²) in [7, 11) is 1.84. The van der Waals surface area contributed by atoms with Gasteiger partial charge in [0, 0.05) is 36.3 Å². The summed E-state index contributed by atoms with van der Waals surface area (Å²) in [4.78, 5) is 12.2. The van der Waals surface area contributed by atoms with Gasteiger partial charge in [0.15, 0.2) is 5.76 Å². The van der Waals surface area contributed by atoms with Crippen LogP contribution in [-0.4, -0.2) is 15.7 Å². The van der Waals surface area contributed by atoms with Gasteiger partial charge in [-0.15, -0.1) is 0 Å². The summed E-state index contributed by atoms with van der Waals surface area (Å²) >= 11 is 0. The van der Waals surface area contributed by atoms with Crippen molar-refractivity contribution in [1.29, 1.82) is 0 Å². The van der Waals surface area contributed by atoms with Gasteiger partial charge in [0.25, 0.3) is 5.91 Å². The highest BCUT2D eigenvalue weighted by molar-refractivity contribution is 5.98. The lowest BCUT2D eigenvalue weighted by Crippen LogP contribution is -2.22. The number of furan rings is 1. The first-order valence-corrected chi connectivity index (χ1v) is 6.39. The van der Waals surface area contributed by atoms with E-state index < -0.39 is 0 Å². The number of aryl methyl sites for hydroxylation is 2. The SMILES string of the molecule is Cc1c(C(=O)NCc2cnn(C)c2)oc2ccccc12. The van der Waals surface area contributed by atoms with Crippen LogP contribution in [0.25, 0.3) is 11.0 Å². The van der Waals surface area contributed by atoms with E-state index in [1.54, 1.807) is 10.9 Å². The molecule has 0 saturated heterocycles. The van der Waals surface area contributed by atoms with E-state index in [-0.39, 0.29) is 5.91 Å². The Labute approximate surface area is 116 Å². The number of carbonyl (C=O) groups is 1. The van der Waals surface area contributed by atoms with Gasteiger partial charge in [-0.3, -0.25) is 9.48 Å². The van der Waals surface area contributed by atoms with Crippen LogP contribution in [0.3, 0.4) is 0 Å². The van der Waals surface area contributed by atoms with Crippen LogP contribution >= 0.6 is 0 Å². The molecule has 0 saturated carbocycles. The third-order valence-electron chi connectivity index (χ3n) is 3.26. The fraction of sp³-hybridized carbons (Fsp3) is 0.200. The van der Waals surface area contributed by atoms with Gasteiger partial charge in [0.2, 0.25) is 0 Å². The standard InChI is InChI=1S/C15H15N3O2/c1-10-12-5-3-4-6-13(12)20-14(10)15(19)16-7-11-8-17-18(2)9-11/h3-6,8-9H,7H2,1-2H3,(H,16,19). The molecule has 0 aliphatic carbocycles. The van der Waals surface area contributed by atoms with Crippen LogP contribution < -0.4 is 5.32 Å². The van der Waals surface area contributed by atoms with Crippen LogP contribution in [0.2, 0.25) is 0 Å². The molecule has 3 rings (SSSR count). The van der Waals surface area contributed by atoms with Gasteiger partial charge in [0.1, 0.15) is 5.58 Å². The van der Waals surface area contributed by atoms with Crippen LogP contribution in [-0.2, 0) is 13.6 Å². The van der Waals surface area contributed by atoms with Crippen molar-refractivity contribution < 1.29 is 9.21 Å². The van der Waals surface area contributed by atoms with E-state index in [2.05, 4.69) is 10.4 Å². The molecular weight excluding hydrogens is 254 g/mol. The summed E-state index contributed by atoms with van der Waals surface area (Å²) in [6.07, 6.45) is 3.59. The number of benzene rings is 1. The molecule has 0 atom stereocenters. The quantitative estimate of drug-likeness (QED) is 0.794. The molecule has 0 bridgehead atoms. The van der Waals surface area contributed by atoms with Crippen LogP contribution in [0.5, 0.6) is 0 Å². The Hall–Kier alpha value is -2.56. The number of aromatic nitrogens is 2. The zero-order valence-electron chi connectivity index (χ0n) is 11.4. The molecule has 5 heteroatoms. The van der Waals surface area contributed by atoms with E-state index in [1.807, 2.05) is 44.4 Å². The molecule has 0 aliphatic rings. The van der Waals surface area contributed by atoms with E-state index in [0.717, 1.165) is 22.1 Å². The maximum absolute atomic E-state index is 12.2. The number of nitrogens with one attached hydrogen (secondary N) is 1. The summed E-state index contributed by atoms with van der Waals surface area (Å²) < 4.78 is 7.32. The second kappa shape index (κ2) is 4.85. The van der Waals surface area contributed by atoms with Crippen LogP contribution in [0.4, 0.5) is 0 Å². The highest BCUT2D eigenvalue weighted by atomic mass is 16.3. The Kier molecular flexibility index (Phi) is 3.02. The average Bonchev–Trinajstić information content (AvgIpc) is 3.01. The van der Waals surface area contributed by atoms with Gasteiger partial charge >= 0.3 is 0 Å². The Bertz CT molecular complexity index is 770. The van der Waals surface area contributed by atoms with Crippen LogP contribution in [0.1, 0.15) is 21.7 Å². The molecule has 2 aromatic heterocycles. The largest absolute Gasteiger partial charge is 0.451 e. The normalized spacial score (nSPS) is 10.9. The molecule has 102 valence electrons. The summed E-state index contributed by atoms with van der Waals surface area (Å²) in [6, 6.07) is 7.64. The van der Waals surface area contributed by atoms with Crippen molar-refractivity contribution in [1.82, 2.24) is 15.1 Å². The zero-order chi connectivity index (χ0) is 14.1. The number of carbonyl (C=O) groups excluding carboxylic acids is 1. The average molecular weight is 269 g/mol. The lowest BCUT2D eigenvalue weighted by Gasteiger charge is -2.01. The molecule has 1 aromatic carbocycles. The van der Waals surface area contributed by atoms with E-state index in [1.165, 1.54) is 0 Å².